The maximum absolute atomic E-state index is 12.9. The van der Waals surface area contributed by atoms with E-state index in [-0.39, 0.29) is 6.04 Å². The molecule has 0 amide bonds. The minimum Gasteiger partial charge on any atom is -0.384 e. The number of para-hydroxylation sites is 1. The third-order valence-corrected chi connectivity index (χ3v) is 5.45. The van der Waals surface area contributed by atoms with E-state index in [1.165, 1.54) is 0 Å². The molecule has 20 heavy (non-hydrogen) atoms. The van der Waals surface area contributed by atoms with Gasteiger partial charge in [0.05, 0.1) is 5.69 Å². The van der Waals surface area contributed by atoms with Gasteiger partial charge in [-0.05, 0) is 37.8 Å². The average Bonchev–Trinajstić information content (AvgIpc) is 3.27. The molecule has 0 spiro atoms. The Morgan fingerprint density at radius 1 is 1.20 bits per heavy atom. The SMILES string of the molecule is CCCNc1ccccc1S(=O)(=O)N(CCC)C1CC1. The van der Waals surface area contributed by atoms with Gasteiger partial charge in [0.1, 0.15) is 4.90 Å². The second-order valence-corrected chi connectivity index (χ2v) is 7.13. The van der Waals surface area contributed by atoms with Gasteiger partial charge in [-0.15, -0.1) is 0 Å². The van der Waals surface area contributed by atoms with Crippen LogP contribution < -0.4 is 5.32 Å². The van der Waals surface area contributed by atoms with E-state index in [2.05, 4.69) is 12.2 Å². The smallest absolute Gasteiger partial charge is 0.245 e. The quantitative estimate of drug-likeness (QED) is 0.802. The first-order valence-corrected chi connectivity index (χ1v) is 8.90. The van der Waals surface area contributed by atoms with Crippen LogP contribution in [-0.4, -0.2) is 31.9 Å². The van der Waals surface area contributed by atoms with Gasteiger partial charge in [0.2, 0.25) is 10.0 Å². The molecule has 1 N–H and O–H groups in total. The first-order valence-electron chi connectivity index (χ1n) is 7.46. The first-order chi connectivity index (χ1) is 9.61. The Balaban J connectivity index is 2.32. The van der Waals surface area contributed by atoms with Crippen molar-refractivity contribution in [3.63, 3.8) is 0 Å². The van der Waals surface area contributed by atoms with Gasteiger partial charge in [-0.1, -0.05) is 26.0 Å². The van der Waals surface area contributed by atoms with E-state index in [1.807, 2.05) is 19.1 Å². The van der Waals surface area contributed by atoms with E-state index in [1.54, 1.807) is 16.4 Å². The molecule has 1 aliphatic rings. The molecular formula is C15H24N2O2S. The van der Waals surface area contributed by atoms with Crippen molar-refractivity contribution < 1.29 is 8.42 Å². The largest absolute Gasteiger partial charge is 0.384 e. The molecule has 0 radical (unpaired) electrons. The molecule has 5 heteroatoms. The van der Waals surface area contributed by atoms with E-state index in [4.69, 9.17) is 0 Å². The van der Waals surface area contributed by atoms with E-state index in [9.17, 15) is 8.42 Å². The molecule has 1 fully saturated rings. The molecule has 0 heterocycles. The Bertz CT molecular complexity index is 539. The van der Waals surface area contributed by atoms with Gasteiger partial charge >= 0.3 is 0 Å². The monoisotopic (exact) mass is 296 g/mol. The lowest BCUT2D eigenvalue weighted by molar-refractivity contribution is 0.403. The highest BCUT2D eigenvalue weighted by atomic mass is 32.2. The van der Waals surface area contributed by atoms with Gasteiger partial charge in [0, 0.05) is 19.1 Å². The fourth-order valence-electron chi connectivity index (χ4n) is 2.31. The molecule has 1 aromatic carbocycles. The standard InChI is InChI=1S/C15H24N2O2S/c1-3-11-16-14-7-5-6-8-15(14)20(18,19)17(12-4-2)13-9-10-13/h5-8,13,16H,3-4,9-12H2,1-2H3. The van der Waals surface area contributed by atoms with E-state index in [0.29, 0.717) is 11.4 Å². The Labute approximate surface area is 122 Å². The molecule has 0 atom stereocenters. The average molecular weight is 296 g/mol. The number of benzene rings is 1. The van der Waals surface area contributed by atoms with Crippen LogP contribution in [0.2, 0.25) is 0 Å². The summed E-state index contributed by atoms with van der Waals surface area (Å²) >= 11 is 0. The van der Waals surface area contributed by atoms with Crippen molar-refractivity contribution in [1.29, 1.82) is 0 Å². The van der Waals surface area contributed by atoms with Crippen LogP contribution in [0.25, 0.3) is 0 Å². The van der Waals surface area contributed by atoms with Crippen molar-refractivity contribution in [1.82, 2.24) is 4.31 Å². The van der Waals surface area contributed by atoms with Gasteiger partial charge in [-0.25, -0.2) is 8.42 Å². The molecule has 0 aliphatic heterocycles. The number of nitrogens with zero attached hydrogens (tertiary/aromatic N) is 1. The Hall–Kier alpha value is -1.07. The number of rotatable bonds is 8. The van der Waals surface area contributed by atoms with Gasteiger partial charge in [0.25, 0.3) is 0 Å². The van der Waals surface area contributed by atoms with Crippen molar-refractivity contribution in [2.75, 3.05) is 18.4 Å². The molecule has 2 rings (SSSR count). The Morgan fingerprint density at radius 3 is 2.50 bits per heavy atom. The molecule has 1 saturated carbocycles. The van der Waals surface area contributed by atoms with Crippen molar-refractivity contribution >= 4 is 15.7 Å². The van der Waals surface area contributed by atoms with E-state index in [0.717, 1.165) is 37.9 Å². The summed E-state index contributed by atoms with van der Waals surface area (Å²) < 4.78 is 27.4. The summed E-state index contributed by atoms with van der Waals surface area (Å²) in [6.45, 7) is 5.47. The van der Waals surface area contributed by atoms with Crippen molar-refractivity contribution in [3.05, 3.63) is 24.3 Å². The number of sulfonamides is 1. The molecule has 0 unspecified atom stereocenters. The first kappa shape index (κ1) is 15.3. The summed E-state index contributed by atoms with van der Waals surface area (Å²) in [6, 6.07) is 7.43. The van der Waals surface area contributed by atoms with Crippen LogP contribution in [0.1, 0.15) is 39.5 Å². The summed E-state index contributed by atoms with van der Waals surface area (Å²) in [5.74, 6) is 0. The molecule has 0 bridgehead atoms. The van der Waals surface area contributed by atoms with Crippen LogP contribution in [0.4, 0.5) is 5.69 Å². The lowest BCUT2D eigenvalue weighted by Crippen LogP contribution is -2.34. The summed E-state index contributed by atoms with van der Waals surface area (Å²) in [5, 5.41) is 3.22. The summed E-state index contributed by atoms with van der Waals surface area (Å²) in [6.07, 6.45) is 3.80. The maximum Gasteiger partial charge on any atom is 0.245 e. The normalized spacial score (nSPS) is 15.6. The van der Waals surface area contributed by atoms with Crippen LogP contribution in [0.3, 0.4) is 0 Å². The van der Waals surface area contributed by atoms with E-state index < -0.39 is 10.0 Å². The number of hydrogen-bond acceptors (Lipinski definition) is 3. The van der Waals surface area contributed by atoms with Crippen LogP contribution in [0.5, 0.6) is 0 Å². The zero-order valence-electron chi connectivity index (χ0n) is 12.3. The highest BCUT2D eigenvalue weighted by Gasteiger charge is 2.38. The predicted octanol–water partition coefficient (Wildman–Crippen LogP) is 3.07. The fourth-order valence-corrected chi connectivity index (χ4v) is 4.25. The zero-order valence-corrected chi connectivity index (χ0v) is 13.1. The van der Waals surface area contributed by atoms with Crippen LogP contribution >= 0.6 is 0 Å². The summed E-state index contributed by atoms with van der Waals surface area (Å²) in [4.78, 5) is 0.411. The molecule has 112 valence electrons. The topological polar surface area (TPSA) is 49.4 Å². The molecule has 0 saturated heterocycles. The predicted molar refractivity (Wildman–Crippen MR) is 82.4 cm³/mol. The van der Waals surface area contributed by atoms with Crippen LogP contribution in [0.15, 0.2) is 29.2 Å². The van der Waals surface area contributed by atoms with E-state index >= 15 is 0 Å². The van der Waals surface area contributed by atoms with Crippen molar-refractivity contribution in [2.24, 2.45) is 0 Å². The minimum atomic E-state index is -3.39. The molecule has 1 aromatic rings. The molecule has 1 aliphatic carbocycles. The minimum absolute atomic E-state index is 0.208. The number of nitrogens with one attached hydrogen (secondary N) is 1. The lowest BCUT2D eigenvalue weighted by Gasteiger charge is -2.23. The number of hydrogen-bond donors (Lipinski definition) is 1. The molecule has 0 aromatic heterocycles. The lowest BCUT2D eigenvalue weighted by atomic mass is 10.3. The maximum atomic E-state index is 12.9. The van der Waals surface area contributed by atoms with Crippen molar-refractivity contribution in [2.45, 2.75) is 50.5 Å². The van der Waals surface area contributed by atoms with Crippen molar-refractivity contribution in [3.8, 4) is 0 Å². The Kier molecular flexibility index (Phi) is 5.05. The summed E-state index contributed by atoms with van der Waals surface area (Å²) in [5.41, 5.74) is 0.719. The third-order valence-electron chi connectivity index (χ3n) is 3.44. The highest BCUT2D eigenvalue weighted by Crippen LogP contribution is 2.34. The van der Waals surface area contributed by atoms with Gasteiger partial charge in [-0.3, -0.25) is 0 Å². The second-order valence-electron chi connectivity index (χ2n) is 5.27. The Morgan fingerprint density at radius 2 is 1.90 bits per heavy atom. The van der Waals surface area contributed by atoms with Gasteiger partial charge in [0.15, 0.2) is 0 Å². The molecule has 4 nitrogen and oxygen atoms in total. The number of anilines is 1. The third kappa shape index (κ3) is 3.33. The van der Waals surface area contributed by atoms with Gasteiger partial charge < -0.3 is 5.32 Å². The van der Waals surface area contributed by atoms with Gasteiger partial charge in [-0.2, -0.15) is 4.31 Å². The highest BCUT2D eigenvalue weighted by molar-refractivity contribution is 7.89. The molecular weight excluding hydrogens is 272 g/mol. The van der Waals surface area contributed by atoms with Crippen LogP contribution in [-0.2, 0) is 10.0 Å². The summed E-state index contributed by atoms with van der Waals surface area (Å²) in [7, 11) is -3.39. The second kappa shape index (κ2) is 6.59. The zero-order chi connectivity index (χ0) is 14.6. The van der Waals surface area contributed by atoms with Crippen LogP contribution in [0, 0.1) is 0 Å². The fraction of sp³-hybridized carbons (Fsp3) is 0.600.